The Kier molecular flexibility index (Phi) is 8.02. The van der Waals surface area contributed by atoms with Crippen molar-refractivity contribution in [1.29, 1.82) is 0 Å². The first-order chi connectivity index (χ1) is 17.4. The highest BCUT2D eigenvalue weighted by Gasteiger charge is 2.22. The lowest BCUT2D eigenvalue weighted by atomic mass is 10.1. The number of rotatable bonds is 8. The van der Waals surface area contributed by atoms with E-state index in [9.17, 15) is 14.4 Å². The molecule has 1 aliphatic rings. The summed E-state index contributed by atoms with van der Waals surface area (Å²) < 4.78 is 21.5. The minimum absolute atomic E-state index is 0.157. The average molecular weight is 493 g/mol. The monoisotopic (exact) mass is 492 g/mol. The van der Waals surface area contributed by atoms with Crippen molar-refractivity contribution in [2.75, 3.05) is 45.3 Å². The number of benzene rings is 3. The Morgan fingerprint density at radius 1 is 0.972 bits per heavy atom. The zero-order valence-electron chi connectivity index (χ0n) is 20.2. The van der Waals surface area contributed by atoms with Crippen LogP contribution in [0, 0.1) is 0 Å². The van der Waals surface area contributed by atoms with Gasteiger partial charge in [-0.25, -0.2) is 4.79 Å². The van der Waals surface area contributed by atoms with Crippen LogP contribution < -0.4 is 14.8 Å². The summed E-state index contributed by atoms with van der Waals surface area (Å²) in [5.41, 5.74) is 0.792. The smallest absolute Gasteiger partial charge is 0.339 e. The normalized spacial score (nSPS) is 14.1. The van der Waals surface area contributed by atoms with Crippen molar-refractivity contribution in [3.63, 3.8) is 0 Å². The molecule has 0 bridgehead atoms. The molecule has 4 rings (SSSR count). The number of carbonyl (C=O) groups excluding carboxylic acids is 3. The number of morpholine rings is 1. The predicted octanol–water partition coefficient (Wildman–Crippen LogP) is 3.27. The molecule has 1 saturated heterocycles. The van der Waals surface area contributed by atoms with Crippen LogP contribution in [-0.4, -0.2) is 68.8 Å². The van der Waals surface area contributed by atoms with Crippen molar-refractivity contribution < 1.29 is 33.3 Å². The first-order valence-corrected chi connectivity index (χ1v) is 11.6. The molecule has 0 aromatic heterocycles. The third kappa shape index (κ3) is 6.11. The van der Waals surface area contributed by atoms with Crippen LogP contribution in [0.5, 0.6) is 11.5 Å². The zero-order valence-corrected chi connectivity index (χ0v) is 20.2. The van der Waals surface area contributed by atoms with Gasteiger partial charge in [0.15, 0.2) is 24.2 Å². The summed E-state index contributed by atoms with van der Waals surface area (Å²) in [5.74, 6) is -0.710. The summed E-state index contributed by atoms with van der Waals surface area (Å²) in [6.45, 7) is 3.40. The summed E-state index contributed by atoms with van der Waals surface area (Å²) in [5, 5.41) is 4.82. The molecule has 188 valence electrons. The highest BCUT2D eigenvalue weighted by atomic mass is 16.5. The van der Waals surface area contributed by atoms with Gasteiger partial charge >= 0.3 is 5.97 Å². The second-order valence-corrected chi connectivity index (χ2v) is 8.25. The molecule has 9 heteroatoms. The van der Waals surface area contributed by atoms with Gasteiger partial charge in [-0.1, -0.05) is 30.3 Å². The highest BCUT2D eigenvalue weighted by molar-refractivity contribution is 5.99. The lowest BCUT2D eigenvalue weighted by Gasteiger charge is -2.26. The van der Waals surface area contributed by atoms with Gasteiger partial charge in [-0.05, 0) is 48.0 Å². The molecule has 1 heterocycles. The number of anilines is 1. The van der Waals surface area contributed by atoms with E-state index >= 15 is 0 Å². The molecule has 3 aromatic rings. The maximum Gasteiger partial charge on any atom is 0.339 e. The Morgan fingerprint density at radius 2 is 1.72 bits per heavy atom. The van der Waals surface area contributed by atoms with Gasteiger partial charge in [0.1, 0.15) is 0 Å². The second kappa shape index (κ2) is 11.5. The highest BCUT2D eigenvalue weighted by Crippen LogP contribution is 2.29. The first-order valence-electron chi connectivity index (χ1n) is 11.6. The number of hydrogen-bond acceptors (Lipinski definition) is 7. The lowest BCUT2D eigenvalue weighted by molar-refractivity contribution is -0.137. The molecule has 2 amide bonds. The van der Waals surface area contributed by atoms with Crippen LogP contribution in [0.15, 0.2) is 60.7 Å². The van der Waals surface area contributed by atoms with E-state index in [1.165, 1.54) is 32.2 Å². The van der Waals surface area contributed by atoms with E-state index in [-0.39, 0.29) is 23.8 Å². The van der Waals surface area contributed by atoms with E-state index in [1.807, 2.05) is 36.4 Å². The topological polar surface area (TPSA) is 103 Å². The van der Waals surface area contributed by atoms with E-state index in [2.05, 4.69) is 5.32 Å². The van der Waals surface area contributed by atoms with E-state index in [0.717, 1.165) is 10.8 Å². The Morgan fingerprint density at radius 3 is 2.47 bits per heavy atom. The Bertz CT molecular complexity index is 1250. The van der Waals surface area contributed by atoms with Crippen LogP contribution in [-0.2, 0) is 19.1 Å². The Hall–Kier alpha value is -4.11. The van der Waals surface area contributed by atoms with Crippen LogP contribution in [0.25, 0.3) is 10.8 Å². The maximum absolute atomic E-state index is 12.7. The number of hydrogen-bond donors (Lipinski definition) is 1. The summed E-state index contributed by atoms with van der Waals surface area (Å²) in [7, 11) is 1.43. The first kappa shape index (κ1) is 25.0. The summed E-state index contributed by atoms with van der Waals surface area (Å²) in [4.78, 5) is 39.3. The molecule has 0 aliphatic carbocycles. The average Bonchev–Trinajstić information content (AvgIpc) is 2.91. The zero-order chi connectivity index (χ0) is 25.5. The fraction of sp³-hybridized carbons (Fsp3) is 0.296. The van der Waals surface area contributed by atoms with Crippen molar-refractivity contribution in [1.82, 2.24) is 4.90 Å². The summed E-state index contributed by atoms with van der Waals surface area (Å²) in [6, 6.07) is 17.8. The van der Waals surface area contributed by atoms with Gasteiger partial charge in [0.25, 0.3) is 11.8 Å². The Balaban J connectivity index is 1.34. The number of fused-ring (bicyclic) bond motifs is 1. The van der Waals surface area contributed by atoms with Crippen LogP contribution in [0.2, 0.25) is 0 Å². The van der Waals surface area contributed by atoms with Gasteiger partial charge in [-0.15, -0.1) is 0 Å². The van der Waals surface area contributed by atoms with Crippen molar-refractivity contribution in [2.45, 2.75) is 13.0 Å². The molecule has 9 nitrogen and oxygen atoms in total. The number of methoxy groups -OCH3 is 1. The van der Waals surface area contributed by atoms with E-state index in [0.29, 0.717) is 37.7 Å². The third-order valence-electron chi connectivity index (χ3n) is 5.78. The van der Waals surface area contributed by atoms with E-state index in [4.69, 9.17) is 18.9 Å². The van der Waals surface area contributed by atoms with Crippen LogP contribution in [0.3, 0.4) is 0 Å². The fourth-order valence-corrected chi connectivity index (χ4v) is 3.75. The van der Waals surface area contributed by atoms with Gasteiger partial charge in [-0.3, -0.25) is 9.59 Å². The summed E-state index contributed by atoms with van der Waals surface area (Å²) in [6.07, 6.45) is -1.03. The van der Waals surface area contributed by atoms with Gasteiger partial charge in [0.05, 0.1) is 25.9 Å². The largest absolute Gasteiger partial charge is 0.493 e. The molecule has 1 fully saturated rings. The summed E-state index contributed by atoms with van der Waals surface area (Å²) >= 11 is 0. The molecule has 0 spiro atoms. The lowest BCUT2D eigenvalue weighted by Crippen LogP contribution is -2.43. The number of carbonyl (C=O) groups is 3. The molecule has 3 aromatic carbocycles. The van der Waals surface area contributed by atoms with Crippen LogP contribution in [0.4, 0.5) is 5.69 Å². The van der Waals surface area contributed by atoms with Gasteiger partial charge < -0.3 is 29.2 Å². The van der Waals surface area contributed by atoms with Crippen LogP contribution >= 0.6 is 0 Å². The quantitative estimate of drug-likeness (QED) is 0.482. The van der Waals surface area contributed by atoms with E-state index < -0.39 is 18.0 Å². The van der Waals surface area contributed by atoms with Crippen molar-refractivity contribution in [3.05, 3.63) is 66.2 Å². The number of ether oxygens (including phenoxy) is 4. The van der Waals surface area contributed by atoms with Gasteiger partial charge in [0, 0.05) is 18.8 Å². The predicted molar refractivity (Wildman–Crippen MR) is 133 cm³/mol. The van der Waals surface area contributed by atoms with Gasteiger partial charge in [-0.2, -0.15) is 0 Å². The number of nitrogens with zero attached hydrogens (tertiary/aromatic N) is 1. The van der Waals surface area contributed by atoms with E-state index in [1.54, 1.807) is 11.0 Å². The molecule has 1 N–H and O–H groups in total. The SMILES string of the molecule is COc1cc(C(=O)O[C@H](C)C(=O)Nc2ccc3ccccc3c2)ccc1OCC(=O)N1CCOCC1. The number of amides is 2. The van der Waals surface area contributed by atoms with Gasteiger partial charge in [0.2, 0.25) is 0 Å². The standard InChI is InChI=1S/C27H28N2O7/c1-18(26(31)28-22-9-7-19-5-3-4-6-20(19)15-22)36-27(32)21-8-10-23(24(16-21)33-2)35-17-25(30)29-11-13-34-14-12-29/h3-10,15-16,18H,11-14,17H2,1-2H3,(H,28,31)/t18-/m1/s1. The number of esters is 1. The maximum atomic E-state index is 12.7. The number of nitrogens with one attached hydrogen (secondary N) is 1. The molecule has 0 unspecified atom stereocenters. The molecule has 1 aliphatic heterocycles. The molecule has 0 radical (unpaired) electrons. The fourth-order valence-electron chi connectivity index (χ4n) is 3.75. The minimum Gasteiger partial charge on any atom is -0.493 e. The molecule has 0 saturated carbocycles. The van der Waals surface area contributed by atoms with Crippen LogP contribution in [0.1, 0.15) is 17.3 Å². The Labute approximate surface area is 208 Å². The molecular weight excluding hydrogens is 464 g/mol. The molecular formula is C27H28N2O7. The second-order valence-electron chi connectivity index (χ2n) is 8.25. The van der Waals surface area contributed by atoms with Crippen molar-refractivity contribution in [2.24, 2.45) is 0 Å². The minimum atomic E-state index is -1.03. The van der Waals surface area contributed by atoms with Crippen molar-refractivity contribution >= 4 is 34.2 Å². The molecule has 1 atom stereocenters. The van der Waals surface area contributed by atoms with Crippen molar-refractivity contribution in [3.8, 4) is 11.5 Å². The third-order valence-corrected chi connectivity index (χ3v) is 5.78. The molecule has 36 heavy (non-hydrogen) atoms.